The minimum absolute atomic E-state index is 0.127. The molecule has 1 N–H and O–H groups in total. The molecular formula is C20H24N4O2S. The van der Waals surface area contributed by atoms with Crippen molar-refractivity contribution >= 4 is 23.6 Å². The monoisotopic (exact) mass is 384 g/mol. The average molecular weight is 385 g/mol. The minimum atomic E-state index is -0.160. The molecule has 1 aromatic carbocycles. The van der Waals surface area contributed by atoms with Crippen LogP contribution in [0.2, 0.25) is 0 Å². The number of rotatable bonds is 5. The molecular weight excluding hydrogens is 360 g/mol. The van der Waals surface area contributed by atoms with Crippen LogP contribution in [0.4, 0.5) is 5.88 Å². The van der Waals surface area contributed by atoms with E-state index in [4.69, 9.17) is 4.52 Å². The van der Waals surface area contributed by atoms with Gasteiger partial charge in [0, 0.05) is 23.9 Å². The topological polar surface area (TPSA) is 73.0 Å². The number of anilines is 1. The van der Waals surface area contributed by atoms with Gasteiger partial charge in [0.15, 0.2) is 5.16 Å². The molecule has 0 fully saturated rings. The first-order chi connectivity index (χ1) is 12.7. The predicted molar refractivity (Wildman–Crippen MR) is 108 cm³/mol. The highest BCUT2D eigenvalue weighted by atomic mass is 32.2. The van der Waals surface area contributed by atoms with E-state index in [0.717, 1.165) is 22.1 Å². The zero-order chi connectivity index (χ0) is 19.6. The van der Waals surface area contributed by atoms with E-state index in [9.17, 15) is 4.79 Å². The van der Waals surface area contributed by atoms with Gasteiger partial charge in [-0.15, -0.1) is 0 Å². The number of nitrogens with one attached hydrogen (secondary N) is 1. The zero-order valence-corrected chi connectivity index (χ0v) is 17.1. The molecule has 0 spiro atoms. The van der Waals surface area contributed by atoms with Crippen molar-refractivity contribution in [2.45, 2.75) is 45.2 Å². The second kappa shape index (κ2) is 7.60. The molecule has 0 radical (unpaired) electrons. The molecule has 0 saturated heterocycles. The van der Waals surface area contributed by atoms with Crippen LogP contribution in [0.3, 0.4) is 0 Å². The summed E-state index contributed by atoms with van der Waals surface area (Å²) in [6.07, 6.45) is 3.65. The zero-order valence-electron chi connectivity index (χ0n) is 16.2. The van der Waals surface area contributed by atoms with Gasteiger partial charge in [-0.25, -0.2) is 4.98 Å². The Morgan fingerprint density at radius 1 is 1.26 bits per heavy atom. The molecule has 27 heavy (non-hydrogen) atoms. The number of hydrogen-bond donors (Lipinski definition) is 1. The molecule has 0 aliphatic heterocycles. The number of amides is 1. The van der Waals surface area contributed by atoms with Crippen molar-refractivity contribution in [1.29, 1.82) is 0 Å². The fraction of sp³-hybridized carbons (Fsp3) is 0.350. The van der Waals surface area contributed by atoms with E-state index in [2.05, 4.69) is 47.5 Å². The highest BCUT2D eigenvalue weighted by molar-refractivity contribution is 7.99. The first-order valence-corrected chi connectivity index (χ1v) is 9.73. The Bertz CT molecular complexity index is 953. The van der Waals surface area contributed by atoms with Crippen molar-refractivity contribution in [3.63, 3.8) is 0 Å². The van der Waals surface area contributed by atoms with E-state index in [-0.39, 0.29) is 17.1 Å². The Hall–Kier alpha value is -2.54. The second-order valence-electron chi connectivity index (χ2n) is 7.53. The summed E-state index contributed by atoms with van der Waals surface area (Å²) >= 11 is 1.38. The Labute approximate surface area is 163 Å². The van der Waals surface area contributed by atoms with Gasteiger partial charge in [0.2, 0.25) is 11.8 Å². The van der Waals surface area contributed by atoms with Crippen molar-refractivity contribution in [3.8, 4) is 5.69 Å². The van der Waals surface area contributed by atoms with Gasteiger partial charge < -0.3 is 4.52 Å². The van der Waals surface area contributed by atoms with Crippen LogP contribution in [0, 0.1) is 13.8 Å². The maximum atomic E-state index is 12.3. The van der Waals surface area contributed by atoms with E-state index >= 15 is 0 Å². The van der Waals surface area contributed by atoms with Crippen molar-refractivity contribution < 1.29 is 9.32 Å². The third-order valence-electron chi connectivity index (χ3n) is 4.09. The molecule has 0 aliphatic rings. The standard InChI is InChI=1S/C20H24N4O2S/c1-13-6-7-15(14(2)10-13)24-9-8-21-19(24)27-12-17(25)22-18-11-16(23-26-18)20(3,4)5/h6-11H,12H2,1-5H3,(H,22,25). The molecule has 3 rings (SSSR count). The number of nitrogens with zero attached hydrogens (tertiary/aromatic N) is 3. The van der Waals surface area contributed by atoms with Gasteiger partial charge in [0.05, 0.1) is 17.1 Å². The largest absolute Gasteiger partial charge is 0.338 e. The Kier molecular flexibility index (Phi) is 5.41. The summed E-state index contributed by atoms with van der Waals surface area (Å²) in [5.41, 5.74) is 4.11. The van der Waals surface area contributed by atoms with Gasteiger partial charge in [0.1, 0.15) is 0 Å². The molecule has 142 valence electrons. The van der Waals surface area contributed by atoms with Gasteiger partial charge in [-0.3, -0.25) is 14.7 Å². The SMILES string of the molecule is Cc1ccc(-n2ccnc2SCC(=O)Nc2cc(C(C)(C)C)no2)c(C)c1. The van der Waals surface area contributed by atoms with Crippen molar-refractivity contribution in [2.24, 2.45) is 0 Å². The van der Waals surface area contributed by atoms with Gasteiger partial charge in [-0.1, -0.05) is 55.4 Å². The van der Waals surface area contributed by atoms with E-state index in [0.29, 0.717) is 5.88 Å². The van der Waals surface area contributed by atoms with Crippen LogP contribution in [0.25, 0.3) is 5.69 Å². The van der Waals surface area contributed by atoms with Crippen molar-refractivity contribution in [1.82, 2.24) is 14.7 Å². The van der Waals surface area contributed by atoms with Gasteiger partial charge in [0.25, 0.3) is 0 Å². The van der Waals surface area contributed by atoms with Crippen LogP contribution in [-0.2, 0) is 10.2 Å². The molecule has 6 nitrogen and oxygen atoms in total. The van der Waals surface area contributed by atoms with E-state index in [1.807, 2.05) is 31.5 Å². The number of carbonyl (C=O) groups excluding carboxylic acids is 1. The maximum Gasteiger partial charge on any atom is 0.237 e. The number of carbonyl (C=O) groups is 1. The molecule has 7 heteroatoms. The summed E-state index contributed by atoms with van der Waals surface area (Å²) in [5, 5.41) is 7.53. The predicted octanol–water partition coefficient (Wildman–Crippen LogP) is 4.51. The lowest BCUT2D eigenvalue weighted by molar-refractivity contribution is -0.113. The Morgan fingerprint density at radius 3 is 2.70 bits per heavy atom. The van der Waals surface area contributed by atoms with E-state index in [1.165, 1.54) is 17.3 Å². The number of hydrogen-bond acceptors (Lipinski definition) is 5. The summed E-state index contributed by atoms with van der Waals surface area (Å²) in [5.74, 6) is 0.433. The van der Waals surface area contributed by atoms with Crippen LogP contribution < -0.4 is 5.32 Å². The summed E-state index contributed by atoms with van der Waals surface area (Å²) in [7, 11) is 0. The van der Waals surface area contributed by atoms with Crippen LogP contribution in [0.5, 0.6) is 0 Å². The second-order valence-corrected chi connectivity index (χ2v) is 8.48. The first-order valence-electron chi connectivity index (χ1n) is 8.75. The Morgan fingerprint density at radius 2 is 2.04 bits per heavy atom. The summed E-state index contributed by atoms with van der Waals surface area (Å²) in [6.45, 7) is 10.3. The molecule has 0 saturated carbocycles. The van der Waals surface area contributed by atoms with Crippen LogP contribution in [0.1, 0.15) is 37.6 Å². The summed E-state index contributed by atoms with van der Waals surface area (Å²) in [6, 6.07) is 8.03. The van der Waals surface area contributed by atoms with Gasteiger partial charge >= 0.3 is 0 Å². The summed E-state index contributed by atoms with van der Waals surface area (Å²) < 4.78 is 7.21. The molecule has 1 amide bonds. The third kappa shape index (κ3) is 4.60. The first kappa shape index (κ1) is 19.2. The number of benzene rings is 1. The quantitative estimate of drug-likeness (QED) is 0.656. The number of imidazole rings is 1. The lowest BCUT2D eigenvalue weighted by atomic mass is 9.92. The van der Waals surface area contributed by atoms with Gasteiger partial charge in [-0.05, 0) is 25.5 Å². The molecule has 0 unspecified atom stereocenters. The van der Waals surface area contributed by atoms with Gasteiger partial charge in [-0.2, -0.15) is 0 Å². The minimum Gasteiger partial charge on any atom is -0.338 e. The molecule has 0 aliphatic carbocycles. The number of aryl methyl sites for hydroxylation is 2. The Balaban J connectivity index is 1.65. The lowest BCUT2D eigenvalue weighted by Crippen LogP contribution is -2.14. The van der Waals surface area contributed by atoms with Crippen LogP contribution in [0.15, 0.2) is 46.3 Å². The molecule has 2 heterocycles. The van der Waals surface area contributed by atoms with Crippen molar-refractivity contribution in [3.05, 3.63) is 53.5 Å². The smallest absolute Gasteiger partial charge is 0.237 e. The molecule has 0 bridgehead atoms. The summed E-state index contributed by atoms with van der Waals surface area (Å²) in [4.78, 5) is 16.7. The molecule has 3 aromatic rings. The van der Waals surface area contributed by atoms with Crippen molar-refractivity contribution in [2.75, 3.05) is 11.1 Å². The molecule has 2 aromatic heterocycles. The maximum absolute atomic E-state index is 12.3. The van der Waals surface area contributed by atoms with E-state index in [1.54, 1.807) is 12.3 Å². The number of thioether (sulfide) groups is 1. The number of aromatic nitrogens is 3. The molecule has 0 atom stereocenters. The lowest BCUT2D eigenvalue weighted by Gasteiger charge is -2.12. The van der Waals surface area contributed by atoms with Crippen LogP contribution >= 0.6 is 11.8 Å². The third-order valence-corrected chi connectivity index (χ3v) is 5.06. The highest BCUT2D eigenvalue weighted by Gasteiger charge is 2.20. The average Bonchev–Trinajstić information content (AvgIpc) is 3.22. The fourth-order valence-electron chi connectivity index (χ4n) is 2.65. The highest BCUT2D eigenvalue weighted by Crippen LogP contribution is 2.25. The normalized spacial score (nSPS) is 11.6. The van der Waals surface area contributed by atoms with Crippen LogP contribution in [-0.4, -0.2) is 26.4 Å². The fourth-order valence-corrected chi connectivity index (χ4v) is 3.41. The van der Waals surface area contributed by atoms with E-state index < -0.39 is 0 Å².